The molecule has 2 unspecified atom stereocenters. The number of aliphatic hydroxyl groups excluding tert-OH is 1. The fraction of sp³-hybridized carbons (Fsp3) is 0.800. The molecule has 46 heavy (non-hydrogen) atoms. The summed E-state index contributed by atoms with van der Waals surface area (Å²) in [5, 5.41) is 24.9. The van der Waals surface area contributed by atoms with E-state index in [0.29, 0.717) is 50.3 Å². The van der Waals surface area contributed by atoms with Gasteiger partial charge >= 0.3 is 5.97 Å². The zero-order chi connectivity index (χ0) is 32.8. The van der Waals surface area contributed by atoms with E-state index in [0.717, 1.165) is 6.54 Å². The highest BCUT2D eigenvalue weighted by Gasteiger charge is 2.90. The number of rotatable bonds is 11. The monoisotopic (exact) mass is 645 g/mol. The number of methoxy groups -OCH3 is 5. The highest BCUT2D eigenvalue weighted by molar-refractivity contribution is 5.89. The lowest BCUT2D eigenvalue weighted by molar-refractivity contribution is -0.304. The van der Waals surface area contributed by atoms with Crippen molar-refractivity contribution < 1.29 is 48.2 Å². The van der Waals surface area contributed by atoms with Crippen LogP contribution in [-0.2, 0) is 28.4 Å². The predicted octanol–water partition coefficient (Wildman–Crippen LogP) is 2.16. The van der Waals surface area contributed by atoms with Gasteiger partial charge in [0, 0.05) is 89.1 Å². The first-order valence-electron chi connectivity index (χ1n) is 16.8. The number of piperidine rings is 1. The Morgan fingerprint density at radius 3 is 2.28 bits per heavy atom. The van der Waals surface area contributed by atoms with Crippen molar-refractivity contribution >= 4 is 5.97 Å². The number of nitrogens with zero attached hydrogens (tertiary/aromatic N) is 1. The van der Waals surface area contributed by atoms with Crippen molar-refractivity contribution in [3.05, 3.63) is 29.8 Å². The van der Waals surface area contributed by atoms with Crippen LogP contribution in [0.3, 0.4) is 0 Å². The SMILES string of the molecule is CCO[C@@]12C[C@@H](OC)[C@@]3(O)C[C@@H]([C@H]1[C@@H]3OC(=O)c1ccc(OC)cc1)[C@]13[C@@H]4C2[C@@H](OC)[C@H]1[C@@](COC)(CN4CC)C(O)C[C@H]3OC. The minimum Gasteiger partial charge on any atom is -0.497 e. The van der Waals surface area contributed by atoms with Crippen LogP contribution in [0.2, 0.25) is 0 Å². The Morgan fingerprint density at radius 2 is 1.70 bits per heavy atom. The third kappa shape index (κ3) is 3.80. The molecule has 1 aliphatic heterocycles. The van der Waals surface area contributed by atoms with Gasteiger partial charge in [-0.2, -0.15) is 0 Å². The Hall–Kier alpha value is -1.83. The average Bonchev–Trinajstić information content (AvgIpc) is 3.43. The minimum atomic E-state index is -1.46. The number of hydrogen-bond acceptors (Lipinski definition) is 11. The molecule has 0 radical (unpaired) electrons. The van der Waals surface area contributed by atoms with E-state index in [9.17, 15) is 15.0 Å². The molecule has 11 nitrogen and oxygen atoms in total. The van der Waals surface area contributed by atoms with Crippen LogP contribution in [0.15, 0.2) is 24.3 Å². The third-order valence-electron chi connectivity index (χ3n) is 13.5. The van der Waals surface area contributed by atoms with Crippen LogP contribution >= 0.6 is 0 Å². The highest BCUT2D eigenvalue weighted by atomic mass is 16.6. The molecule has 5 saturated carbocycles. The van der Waals surface area contributed by atoms with Crippen molar-refractivity contribution in [1.82, 2.24) is 4.90 Å². The molecule has 0 amide bonds. The Labute approximate surface area is 271 Å². The van der Waals surface area contributed by atoms with Gasteiger partial charge in [-0.15, -0.1) is 0 Å². The highest BCUT2D eigenvalue weighted by Crippen LogP contribution is 2.80. The largest absolute Gasteiger partial charge is 0.497 e. The summed E-state index contributed by atoms with van der Waals surface area (Å²) in [6.07, 6.45) is -1.63. The molecule has 1 aromatic rings. The van der Waals surface area contributed by atoms with E-state index in [-0.39, 0.29) is 41.9 Å². The molecule has 5 aliphatic carbocycles. The summed E-state index contributed by atoms with van der Waals surface area (Å²) in [7, 11) is 8.39. The van der Waals surface area contributed by atoms with Gasteiger partial charge in [0.25, 0.3) is 0 Å². The molecular weight excluding hydrogens is 594 g/mol. The number of ether oxygens (including phenoxy) is 7. The lowest BCUT2D eigenvalue weighted by atomic mass is 9.42. The van der Waals surface area contributed by atoms with Gasteiger partial charge in [0.05, 0.1) is 49.3 Å². The second-order valence-electron chi connectivity index (χ2n) is 14.6. The topological polar surface area (TPSA) is 125 Å². The number of carbonyl (C=O) groups excluding carboxylic acids is 1. The summed E-state index contributed by atoms with van der Waals surface area (Å²) in [5.41, 5.74) is -3.11. The van der Waals surface area contributed by atoms with Gasteiger partial charge in [-0.05, 0) is 50.1 Å². The van der Waals surface area contributed by atoms with Gasteiger partial charge in [0.2, 0.25) is 0 Å². The number of aliphatic hydroxyl groups is 2. The third-order valence-corrected chi connectivity index (χ3v) is 13.5. The number of fused-ring (bicyclic) bond motifs is 2. The Bertz CT molecular complexity index is 1310. The Morgan fingerprint density at radius 1 is 0.978 bits per heavy atom. The van der Waals surface area contributed by atoms with Crippen molar-refractivity contribution in [3.8, 4) is 5.75 Å². The molecule has 2 N–H and O–H groups in total. The molecule has 1 spiro atoms. The summed E-state index contributed by atoms with van der Waals surface area (Å²) in [4.78, 5) is 16.4. The zero-order valence-corrected chi connectivity index (χ0v) is 28.1. The van der Waals surface area contributed by atoms with Crippen molar-refractivity contribution in [3.63, 3.8) is 0 Å². The maximum atomic E-state index is 13.9. The predicted molar refractivity (Wildman–Crippen MR) is 165 cm³/mol. The molecule has 1 aromatic carbocycles. The molecule has 6 aliphatic rings. The van der Waals surface area contributed by atoms with E-state index in [2.05, 4.69) is 11.8 Å². The molecule has 7 bridgehead atoms. The fourth-order valence-corrected chi connectivity index (χ4v) is 12.5. The fourth-order valence-electron chi connectivity index (χ4n) is 12.5. The van der Waals surface area contributed by atoms with Gasteiger partial charge in [-0.3, -0.25) is 4.90 Å². The van der Waals surface area contributed by atoms with Gasteiger partial charge in [-0.25, -0.2) is 4.79 Å². The van der Waals surface area contributed by atoms with E-state index < -0.39 is 46.3 Å². The molecule has 256 valence electrons. The maximum absolute atomic E-state index is 13.9. The molecule has 1 saturated heterocycles. The van der Waals surface area contributed by atoms with E-state index in [1.54, 1.807) is 59.8 Å². The number of esters is 1. The average molecular weight is 646 g/mol. The number of likely N-dealkylation sites (tertiary alicyclic amines) is 1. The van der Waals surface area contributed by atoms with Crippen molar-refractivity contribution in [2.45, 2.75) is 80.9 Å². The standard InChI is InChI=1S/C35H51NO10/c1-8-36-17-32(18-40-3)22(37)14-23(42-5)35-21-15-33(39)24(43-6)16-34(45-9-2,26(29(35)36)27(44-7)28(32)35)25(21)30(33)46-31(38)19-10-12-20(41-4)13-11-19/h10-13,21-30,37,39H,8-9,14-18H2,1-7H3/t21-,22?,23+,24+,25-,26?,27+,28-,29-,30-,32+,33-,34-,35+/m0/s1. The molecule has 14 atom stereocenters. The molecule has 7 rings (SSSR count). The summed E-state index contributed by atoms with van der Waals surface area (Å²) in [5.74, 6) is -0.750. The first kappa shape index (κ1) is 32.7. The quantitative estimate of drug-likeness (QED) is 0.344. The van der Waals surface area contributed by atoms with Crippen LogP contribution in [0.5, 0.6) is 5.75 Å². The van der Waals surface area contributed by atoms with E-state index in [4.69, 9.17) is 33.2 Å². The van der Waals surface area contributed by atoms with Gasteiger partial charge < -0.3 is 43.4 Å². The van der Waals surface area contributed by atoms with E-state index in [1.807, 2.05) is 6.92 Å². The summed E-state index contributed by atoms with van der Waals surface area (Å²) in [6, 6.07) is 6.79. The summed E-state index contributed by atoms with van der Waals surface area (Å²) >= 11 is 0. The van der Waals surface area contributed by atoms with E-state index >= 15 is 0 Å². The van der Waals surface area contributed by atoms with Gasteiger partial charge in [0.1, 0.15) is 17.5 Å². The van der Waals surface area contributed by atoms with Crippen LogP contribution in [0.1, 0.15) is 43.5 Å². The maximum Gasteiger partial charge on any atom is 0.338 e. The number of benzene rings is 1. The van der Waals surface area contributed by atoms with Gasteiger partial charge in [-0.1, -0.05) is 6.92 Å². The minimum absolute atomic E-state index is 0.0152. The van der Waals surface area contributed by atoms with Crippen LogP contribution in [-0.4, -0.2) is 131 Å². The van der Waals surface area contributed by atoms with Gasteiger partial charge in [0.15, 0.2) is 0 Å². The van der Waals surface area contributed by atoms with E-state index in [1.165, 1.54) is 0 Å². The Balaban J connectivity index is 1.45. The summed E-state index contributed by atoms with van der Waals surface area (Å²) < 4.78 is 44.0. The first-order valence-corrected chi connectivity index (χ1v) is 16.8. The second-order valence-corrected chi connectivity index (χ2v) is 14.6. The molecule has 0 aromatic heterocycles. The van der Waals surface area contributed by atoms with Crippen LogP contribution in [0, 0.1) is 34.5 Å². The molecular formula is C35H51NO10. The molecule has 6 fully saturated rings. The normalized spacial score (nSPS) is 48.4. The second kappa shape index (κ2) is 11.4. The molecule has 11 heteroatoms. The van der Waals surface area contributed by atoms with Crippen molar-refractivity contribution in [2.24, 2.45) is 34.5 Å². The lowest BCUT2D eigenvalue weighted by Gasteiger charge is -2.70. The van der Waals surface area contributed by atoms with Crippen LogP contribution in [0.25, 0.3) is 0 Å². The molecule has 1 heterocycles. The van der Waals surface area contributed by atoms with Crippen molar-refractivity contribution in [2.75, 3.05) is 61.9 Å². The van der Waals surface area contributed by atoms with Crippen LogP contribution in [0.4, 0.5) is 0 Å². The number of hydrogen-bond donors (Lipinski definition) is 2. The Kier molecular flexibility index (Phi) is 8.08. The number of carbonyl (C=O) groups is 1. The van der Waals surface area contributed by atoms with Crippen LogP contribution < -0.4 is 4.74 Å². The first-order chi connectivity index (χ1) is 22.1. The lowest BCUT2D eigenvalue weighted by Crippen LogP contribution is -2.79. The smallest absolute Gasteiger partial charge is 0.338 e. The zero-order valence-electron chi connectivity index (χ0n) is 28.1. The van der Waals surface area contributed by atoms with Crippen molar-refractivity contribution in [1.29, 1.82) is 0 Å². The summed E-state index contributed by atoms with van der Waals surface area (Å²) in [6.45, 7) is 6.38.